The van der Waals surface area contributed by atoms with Crippen LogP contribution in [0.3, 0.4) is 0 Å². The summed E-state index contributed by atoms with van der Waals surface area (Å²) in [6.45, 7) is 4.46. The van der Waals surface area contributed by atoms with E-state index >= 15 is 0 Å². The Bertz CT molecular complexity index is 1490. The Balaban J connectivity index is 1.15. The third kappa shape index (κ3) is 8.64. The van der Waals surface area contributed by atoms with Gasteiger partial charge in [-0.2, -0.15) is 0 Å². The molecule has 0 saturated carbocycles. The van der Waals surface area contributed by atoms with Gasteiger partial charge in [-0.15, -0.1) is 0 Å². The zero-order valence-corrected chi connectivity index (χ0v) is 25.6. The van der Waals surface area contributed by atoms with Gasteiger partial charge in [-0.3, -0.25) is 14.6 Å². The van der Waals surface area contributed by atoms with Gasteiger partial charge in [0.1, 0.15) is 11.6 Å². The first-order valence-corrected chi connectivity index (χ1v) is 15.3. The number of amides is 1. The summed E-state index contributed by atoms with van der Waals surface area (Å²) >= 11 is 12.2. The minimum Gasteiger partial charge on any atom is -0.351 e. The number of hydrogen-bond acceptors (Lipinski definition) is 3. The molecular formula is C36H33Cl2F2N3O. The Morgan fingerprint density at radius 3 is 1.68 bits per heavy atom. The van der Waals surface area contributed by atoms with Gasteiger partial charge in [-0.1, -0.05) is 83.9 Å². The molecule has 1 saturated heterocycles. The van der Waals surface area contributed by atoms with E-state index in [4.69, 9.17) is 23.2 Å². The first-order chi connectivity index (χ1) is 21.4. The highest BCUT2D eigenvalue weighted by Gasteiger charge is 2.26. The molecule has 1 heterocycles. The minimum atomic E-state index is -0.284. The van der Waals surface area contributed by atoms with Crippen molar-refractivity contribution in [1.29, 1.82) is 0 Å². The summed E-state index contributed by atoms with van der Waals surface area (Å²) in [4.78, 5) is 17.2. The van der Waals surface area contributed by atoms with Crippen molar-refractivity contribution in [2.45, 2.75) is 6.04 Å². The van der Waals surface area contributed by atoms with Gasteiger partial charge in [0.25, 0.3) is 0 Å². The molecule has 1 amide bonds. The van der Waals surface area contributed by atoms with Gasteiger partial charge in [0.05, 0.1) is 6.04 Å². The van der Waals surface area contributed by atoms with Gasteiger partial charge in [0, 0.05) is 55.4 Å². The zero-order chi connectivity index (χ0) is 30.9. The maximum Gasteiger partial charge on any atom is 0.244 e. The molecule has 5 rings (SSSR count). The van der Waals surface area contributed by atoms with Gasteiger partial charge in [0.2, 0.25) is 5.91 Å². The normalized spacial score (nSPS) is 14.2. The van der Waals surface area contributed by atoms with Crippen molar-refractivity contribution in [3.63, 3.8) is 0 Å². The number of benzene rings is 4. The number of piperazine rings is 1. The van der Waals surface area contributed by atoms with Crippen LogP contribution >= 0.6 is 23.2 Å². The van der Waals surface area contributed by atoms with Crippen molar-refractivity contribution in [3.8, 4) is 0 Å². The summed E-state index contributed by atoms with van der Waals surface area (Å²) in [5.74, 6) is -0.736. The number of rotatable bonds is 10. The molecule has 44 heavy (non-hydrogen) atoms. The molecular weight excluding hydrogens is 599 g/mol. The van der Waals surface area contributed by atoms with Gasteiger partial charge in [-0.25, -0.2) is 8.78 Å². The van der Waals surface area contributed by atoms with Gasteiger partial charge >= 0.3 is 0 Å². The van der Waals surface area contributed by atoms with E-state index in [0.717, 1.165) is 60.6 Å². The van der Waals surface area contributed by atoms with Crippen LogP contribution in [0.4, 0.5) is 8.78 Å². The third-order valence-corrected chi connectivity index (χ3v) is 8.20. The zero-order valence-electron chi connectivity index (χ0n) is 24.1. The van der Waals surface area contributed by atoms with Crippen LogP contribution in [-0.4, -0.2) is 55.0 Å². The van der Waals surface area contributed by atoms with Crippen LogP contribution in [0.25, 0.3) is 5.57 Å². The fraction of sp³-hybridized carbons (Fsp3) is 0.194. The molecule has 1 N–H and O–H groups in total. The van der Waals surface area contributed by atoms with E-state index in [-0.39, 0.29) is 23.6 Å². The molecule has 0 aromatic heterocycles. The van der Waals surface area contributed by atoms with Crippen molar-refractivity contribution in [2.24, 2.45) is 0 Å². The van der Waals surface area contributed by atoms with E-state index in [1.165, 1.54) is 30.3 Å². The Hall–Kier alpha value is -3.81. The average molecular weight is 633 g/mol. The fourth-order valence-corrected chi connectivity index (χ4v) is 5.65. The predicted molar refractivity (Wildman–Crippen MR) is 175 cm³/mol. The summed E-state index contributed by atoms with van der Waals surface area (Å²) in [6, 6.07) is 28.0. The lowest BCUT2D eigenvalue weighted by atomic mass is 9.96. The Morgan fingerprint density at radius 1 is 0.727 bits per heavy atom. The molecule has 0 spiro atoms. The summed E-state index contributed by atoms with van der Waals surface area (Å²) < 4.78 is 27.3. The number of nitrogens with zero attached hydrogens (tertiary/aromatic N) is 2. The van der Waals surface area contributed by atoms with E-state index < -0.39 is 0 Å². The van der Waals surface area contributed by atoms with E-state index in [9.17, 15) is 13.6 Å². The maximum absolute atomic E-state index is 13.6. The largest absolute Gasteiger partial charge is 0.351 e. The highest BCUT2D eigenvalue weighted by Crippen LogP contribution is 2.30. The second-order valence-electron chi connectivity index (χ2n) is 10.6. The predicted octanol–water partition coefficient (Wildman–Crippen LogP) is 7.78. The van der Waals surface area contributed by atoms with Crippen LogP contribution < -0.4 is 5.32 Å². The molecule has 1 aliphatic heterocycles. The second kappa shape index (κ2) is 15.3. The van der Waals surface area contributed by atoms with Crippen molar-refractivity contribution in [1.82, 2.24) is 15.1 Å². The molecule has 0 atom stereocenters. The van der Waals surface area contributed by atoms with Crippen molar-refractivity contribution < 1.29 is 13.6 Å². The monoisotopic (exact) mass is 631 g/mol. The molecule has 0 radical (unpaired) electrons. The first kappa shape index (κ1) is 31.6. The second-order valence-corrected chi connectivity index (χ2v) is 11.5. The van der Waals surface area contributed by atoms with Crippen LogP contribution in [0.2, 0.25) is 10.0 Å². The number of carbonyl (C=O) groups excluding carboxylic acids is 1. The summed E-state index contributed by atoms with van der Waals surface area (Å²) in [6.07, 6.45) is 5.18. The van der Waals surface area contributed by atoms with Crippen molar-refractivity contribution in [2.75, 3.05) is 39.3 Å². The molecule has 4 aromatic rings. The Morgan fingerprint density at radius 2 is 1.20 bits per heavy atom. The van der Waals surface area contributed by atoms with Crippen LogP contribution in [0.1, 0.15) is 28.3 Å². The number of nitrogens with one attached hydrogen (secondary N) is 1. The van der Waals surface area contributed by atoms with Gasteiger partial charge < -0.3 is 5.32 Å². The standard InChI is InChI=1S/C36H33Cl2F2N3O/c37-30-12-4-26(5-13-30)34(27-6-14-31(38)15-7-27)2-1-3-35(44)41-20-21-42-22-24-43(25-23-42)36(28-8-16-32(39)17-9-28)29-10-18-33(40)19-11-29/h1-19,36H,20-25H2,(H,41,44). The minimum absolute atomic E-state index is 0.0955. The fourth-order valence-electron chi connectivity index (χ4n) is 5.40. The van der Waals surface area contributed by atoms with Crippen LogP contribution in [-0.2, 0) is 4.79 Å². The van der Waals surface area contributed by atoms with E-state index in [1.807, 2.05) is 54.6 Å². The highest BCUT2D eigenvalue weighted by atomic mass is 35.5. The Kier molecular flexibility index (Phi) is 11.0. The lowest BCUT2D eigenvalue weighted by molar-refractivity contribution is -0.116. The molecule has 0 unspecified atom stereocenters. The SMILES string of the molecule is O=C(C=CC=C(c1ccc(Cl)cc1)c1ccc(Cl)cc1)NCCN1CCN(C(c2ccc(F)cc2)c2ccc(F)cc2)CC1. The quantitative estimate of drug-likeness (QED) is 0.143. The van der Waals surface area contributed by atoms with Gasteiger partial charge in [-0.05, 0) is 76.4 Å². The number of allylic oxidation sites excluding steroid dienone is 2. The van der Waals surface area contributed by atoms with E-state index in [1.54, 1.807) is 30.3 Å². The average Bonchev–Trinajstić information content (AvgIpc) is 3.03. The highest BCUT2D eigenvalue weighted by molar-refractivity contribution is 6.31. The third-order valence-electron chi connectivity index (χ3n) is 7.69. The number of hydrogen-bond donors (Lipinski definition) is 1. The first-order valence-electron chi connectivity index (χ1n) is 14.5. The van der Waals surface area contributed by atoms with Crippen LogP contribution in [0, 0.1) is 11.6 Å². The van der Waals surface area contributed by atoms with Crippen molar-refractivity contribution in [3.05, 3.63) is 159 Å². The van der Waals surface area contributed by atoms with Crippen LogP contribution in [0.5, 0.6) is 0 Å². The summed E-state index contributed by atoms with van der Waals surface area (Å²) in [7, 11) is 0. The number of carbonyl (C=O) groups is 1. The summed E-state index contributed by atoms with van der Waals surface area (Å²) in [5, 5.41) is 4.29. The lowest BCUT2D eigenvalue weighted by Gasteiger charge is -2.39. The molecule has 1 aliphatic rings. The van der Waals surface area contributed by atoms with Gasteiger partial charge in [0.15, 0.2) is 0 Å². The van der Waals surface area contributed by atoms with Crippen molar-refractivity contribution >= 4 is 34.7 Å². The van der Waals surface area contributed by atoms with E-state index in [0.29, 0.717) is 16.6 Å². The maximum atomic E-state index is 13.6. The summed E-state index contributed by atoms with van der Waals surface area (Å²) in [5.41, 5.74) is 4.83. The Labute approximate surface area is 267 Å². The number of halogens is 4. The molecule has 4 nitrogen and oxygen atoms in total. The lowest BCUT2D eigenvalue weighted by Crippen LogP contribution is -2.49. The topological polar surface area (TPSA) is 35.6 Å². The van der Waals surface area contributed by atoms with Crippen LogP contribution in [0.15, 0.2) is 115 Å². The molecule has 0 aliphatic carbocycles. The molecule has 8 heteroatoms. The van der Waals surface area contributed by atoms with E-state index in [2.05, 4.69) is 15.1 Å². The molecule has 226 valence electrons. The molecule has 0 bridgehead atoms. The molecule has 4 aromatic carbocycles. The molecule has 1 fully saturated rings. The smallest absolute Gasteiger partial charge is 0.244 e.